The highest BCUT2D eigenvalue weighted by molar-refractivity contribution is 7.00. The second kappa shape index (κ2) is 17.8. The summed E-state index contributed by atoms with van der Waals surface area (Å²) in [4.78, 5) is 10.6. The summed E-state index contributed by atoms with van der Waals surface area (Å²) in [6.07, 6.45) is 9.29. The first-order valence-electron chi connectivity index (χ1n) is 31.3. The third-order valence-corrected chi connectivity index (χ3v) is 22.3. The molecule has 5 nitrogen and oxygen atoms in total. The minimum absolute atomic E-state index is 0.0105. The van der Waals surface area contributed by atoms with Gasteiger partial charge in [0.15, 0.2) is 5.58 Å². The van der Waals surface area contributed by atoms with E-state index < -0.39 is 0 Å². The molecule has 0 amide bonds. The van der Waals surface area contributed by atoms with Gasteiger partial charge in [0.05, 0.1) is 11.2 Å². The van der Waals surface area contributed by atoms with Crippen LogP contribution in [0.25, 0.3) is 21.9 Å². The molecule has 4 heterocycles. The van der Waals surface area contributed by atoms with Gasteiger partial charge < -0.3 is 24.0 Å². The van der Waals surface area contributed by atoms with Gasteiger partial charge in [0, 0.05) is 73.1 Å². The standard InChI is InChI=1S/C78H77BN4O/c1-73(2)40-41-74(3,4)59-44-52(34-36-57(59)73)81-67-49-61-60(75(5,6)42-43-76(61,7)8)48-63(67)79-62-37-35-53(80(50-24-13-11-14-25-50)51-26-15-12-16-27-51)45-66(62)82(65-32-23-29-56-55-28-17-20-33-70(55)84-72(56)65)69-47-54(46-68(81)71(69)79)83-64-31-19-18-30-58(64)77(9)38-21-22-39-78(77,83)10/h11-20,23-37,44-49H,21-22,38-43H2,1-10H3. The lowest BCUT2D eigenvalue weighted by atomic mass is 9.33. The molecule has 84 heavy (non-hydrogen) atoms. The van der Waals surface area contributed by atoms with Gasteiger partial charge in [0.1, 0.15) is 5.58 Å². The molecule has 3 aliphatic carbocycles. The van der Waals surface area contributed by atoms with Gasteiger partial charge >= 0.3 is 0 Å². The number of hydrogen-bond donors (Lipinski definition) is 0. The number of furan rings is 1. The maximum absolute atomic E-state index is 7.22. The molecule has 0 spiro atoms. The maximum atomic E-state index is 7.22. The zero-order valence-electron chi connectivity index (χ0n) is 50.8. The van der Waals surface area contributed by atoms with E-state index in [1.807, 2.05) is 0 Å². The molecule has 6 heteroatoms. The highest BCUT2D eigenvalue weighted by atomic mass is 16.3. The zero-order chi connectivity index (χ0) is 57.5. The number of nitrogens with zero attached hydrogens (tertiary/aromatic N) is 4. The Kier molecular flexibility index (Phi) is 10.9. The first kappa shape index (κ1) is 51.7. The third-order valence-electron chi connectivity index (χ3n) is 22.3. The molecule has 0 bridgehead atoms. The van der Waals surface area contributed by atoms with Gasteiger partial charge in [0.2, 0.25) is 0 Å². The topological polar surface area (TPSA) is 26.1 Å². The minimum Gasteiger partial charge on any atom is -0.454 e. The lowest BCUT2D eigenvalue weighted by Crippen LogP contribution is -2.62. The van der Waals surface area contributed by atoms with Crippen LogP contribution in [0.2, 0.25) is 0 Å². The maximum Gasteiger partial charge on any atom is 0.252 e. The van der Waals surface area contributed by atoms with E-state index in [9.17, 15) is 0 Å². The Morgan fingerprint density at radius 2 is 0.952 bits per heavy atom. The molecule has 1 fully saturated rings. The van der Waals surface area contributed by atoms with Crippen LogP contribution in [0.1, 0.15) is 148 Å². The smallest absolute Gasteiger partial charge is 0.252 e. The van der Waals surface area contributed by atoms with E-state index in [0.717, 1.165) is 82.5 Å². The average Bonchev–Trinajstić information content (AvgIpc) is 1.23. The van der Waals surface area contributed by atoms with Crippen LogP contribution in [0.15, 0.2) is 192 Å². The van der Waals surface area contributed by atoms with Crippen LogP contribution < -0.4 is 36.0 Å². The van der Waals surface area contributed by atoms with E-state index in [0.29, 0.717) is 0 Å². The van der Waals surface area contributed by atoms with Gasteiger partial charge in [-0.1, -0.05) is 178 Å². The van der Waals surface area contributed by atoms with Crippen molar-refractivity contribution in [3.63, 3.8) is 0 Å². The van der Waals surface area contributed by atoms with E-state index in [4.69, 9.17) is 4.42 Å². The number of benzene rings is 9. The zero-order valence-corrected chi connectivity index (χ0v) is 50.8. The van der Waals surface area contributed by atoms with Crippen molar-refractivity contribution in [1.29, 1.82) is 0 Å². The summed E-state index contributed by atoms with van der Waals surface area (Å²) in [7, 11) is 0. The van der Waals surface area contributed by atoms with Crippen LogP contribution in [0.3, 0.4) is 0 Å². The van der Waals surface area contributed by atoms with Crippen LogP contribution in [-0.2, 0) is 27.1 Å². The molecule has 2 unspecified atom stereocenters. The summed E-state index contributed by atoms with van der Waals surface area (Å²) in [5.41, 5.74) is 26.0. The first-order chi connectivity index (χ1) is 40.4. The van der Waals surface area contributed by atoms with E-state index in [1.54, 1.807) is 0 Å². The summed E-state index contributed by atoms with van der Waals surface area (Å²) in [6.45, 7) is 25.0. The molecule has 0 N–H and O–H groups in total. The number of fused-ring (bicyclic) bond motifs is 12. The fourth-order valence-corrected chi connectivity index (χ4v) is 17.2. The largest absolute Gasteiger partial charge is 0.454 e. The summed E-state index contributed by atoms with van der Waals surface area (Å²) in [5, 5.41) is 2.24. The predicted octanol–water partition coefficient (Wildman–Crippen LogP) is 19.6. The van der Waals surface area contributed by atoms with Gasteiger partial charge in [-0.05, 0) is 196 Å². The molecule has 418 valence electrons. The number of anilines is 11. The second-order valence-electron chi connectivity index (χ2n) is 28.9. The van der Waals surface area contributed by atoms with Crippen molar-refractivity contribution in [3.05, 3.63) is 216 Å². The number of hydrogen-bond acceptors (Lipinski definition) is 5. The van der Waals surface area contributed by atoms with Gasteiger partial charge in [0.25, 0.3) is 6.71 Å². The molecule has 0 radical (unpaired) electrons. The molecule has 3 aliphatic heterocycles. The van der Waals surface area contributed by atoms with Crippen LogP contribution in [0.5, 0.6) is 0 Å². The van der Waals surface area contributed by atoms with Gasteiger partial charge in [-0.3, -0.25) is 0 Å². The van der Waals surface area contributed by atoms with E-state index >= 15 is 0 Å². The average molecular weight is 1100 g/mol. The normalized spacial score (nSPS) is 21.7. The minimum atomic E-state index is -0.183. The Hall–Kier alpha value is -7.96. The van der Waals surface area contributed by atoms with E-state index in [1.165, 1.54) is 97.6 Å². The molecular formula is C78H77BN4O. The molecule has 6 aliphatic rings. The number of para-hydroxylation sites is 5. The Labute approximate surface area is 498 Å². The molecule has 0 saturated heterocycles. The van der Waals surface area contributed by atoms with E-state index in [2.05, 4.69) is 277 Å². The first-order valence-corrected chi connectivity index (χ1v) is 31.3. The Bertz CT molecular complexity index is 4320. The van der Waals surface area contributed by atoms with Crippen molar-refractivity contribution in [2.24, 2.45) is 0 Å². The fraction of sp³-hybridized carbons (Fsp3) is 0.308. The van der Waals surface area contributed by atoms with Gasteiger partial charge in [-0.2, -0.15) is 0 Å². The van der Waals surface area contributed by atoms with Gasteiger partial charge in [-0.25, -0.2) is 0 Å². The van der Waals surface area contributed by atoms with Crippen molar-refractivity contribution >= 4 is 108 Å². The fourth-order valence-electron chi connectivity index (χ4n) is 17.2. The molecule has 10 aromatic rings. The van der Waals surface area contributed by atoms with Crippen molar-refractivity contribution in [2.75, 3.05) is 19.6 Å². The highest BCUT2D eigenvalue weighted by Gasteiger charge is 2.58. The summed E-state index contributed by atoms with van der Waals surface area (Å²) in [6, 6.07) is 72.3. The van der Waals surface area contributed by atoms with Crippen LogP contribution in [-0.4, -0.2) is 12.3 Å². The molecule has 2 atom stereocenters. The Balaban J connectivity index is 1.07. The summed E-state index contributed by atoms with van der Waals surface area (Å²) >= 11 is 0. The van der Waals surface area contributed by atoms with E-state index in [-0.39, 0.29) is 39.3 Å². The van der Waals surface area contributed by atoms with Gasteiger partial charge in [-0.15, -0.1) is 0 Å². The monoisotopic (exact) mass is 1100 g/mol. The molecule has 1 aromatic heterocycles. The Morgan fingerprint density at radius 3 is 1.67 bits per heavy atom. The summed E-state index contributed by atoms with van der Waals surface area (Å²) < 4.78 is 7.22. The molecule has 1 saturated carbocycles. The summed E-state index contributed by atoms with van der Waals surface area (Å²) in [5.74, 6) is 0. The number of rotatable bonds is 6. The van der Waals surface area contributed by atoms with Crippen molar-refractivity contribution < 1.29 is 4.42 Å². The predicted molar refractivity (Wildman–Crippen MR) is 356 cm³/mol. The molecular weight excluding hydrogens is 1020 g/mol. The van der Waals surface area contributed by atoms with Crippen molar-refractivity contribution in [1.82, 2.24) is 0 Å². The second-order valence-corrected chi connectivity index (χ2v) is 28.9. The highest BCUT2D eigenvalue weighted by Crippen LogP contribution is 2.62. The van der Waals surface area contributed by atoms with Crippen LogP contribution >= 0.6 is 0 Å². The SMILES string of the molecule is CC1(C)CCC(C)(C)c2cc(N3c4cc5c(cc4B4c6ccc(N(c7ccccc7)c7ccccc7)cc6N(c6cccc7c6oc6ccccc67)c6cc(N7c8ccccc8C8(C)CCCCC78C)cc3c64)C(C)(C)CCC5(C)C)ccc21. The van der Waals surface area contributed by atoms with Crippen LogP contribution in [0, 0.1) is 0 Å². The van der Waals surface area contributed by atoms with Crippen molar-refractivity contribution in [2.45, 2.75) is 153 Å². The quantitative estimate of drug-likeness (QED) is 0.155. The van der Waals surface area contributed by atoms with Crippen LogP contribution in [0.4, 0.5) is 62.6 Å². The third kappa shape index (κ3) is 7.21. The lowest BCUT2D eigenvalue weighted by molar-refractivity contribution is 0.195. The lowest BCUT2D eigenvalue weighted by Gasteiger charge is -2.51. The molecule has 9 aromatic carbocycles. The Morgan fingerprint density at radius 1 is 0.381 bits per heavy atom. The van der Waals surface area contributed by atoms with Crippen molar-refractivity contribution in [3.8, 4) is 0 Å². The molecule has 16 rings (SSSR count).